The van der Waals surface area contributed by atoms with E-state index < -0.39 is 28.3 Å². The zero-order valence-corrected chi connectivity index (χ0v) is 18.2. The molecule has 31 heavy (non-hydrogen) atoms. The number of ketones is 1. The molecule has 164 valence electrons. The summed E-state index contributed by atoms with van der Waals surface area (Å²) in [5.74, 6) is -0.434. The Bertz CT molecular complexity index is 1110. The van der Waals surface area contributed by atoms with Crippen LogP contribution in [0.5, 0.6) is 0 Å². The Balaban J connectivity index is 2.06. The normalized spacial score (nSPS) is 15.6. The van der Waals surface area contributed by atoms with E-state index in [4.69, 9.17) is 14.2 Å². The van der Waals surface area contributed by atoms with Crippen molar-refractivity contribution in [1.82, 2.24) is 4.31 Å². The SMILES string of the molecule is CCOC(=O)OC(C)OC1=C(C(=O)Cc2ccccc2)N(C)S(=O)(=O)c2ccccc21. The molecule has 0 saturated carbocycles. The van der Waals surface area contributed by atoms with Gasteiger partial charge >= 0.3 is 6.16 Å². The Kier molecular flexibility index (Phi) is 6.65. The molecule has 0 bridgehead atoms. The molecular formula is C22H23NO7S. The summed E-state index contributed by atoms with van der Waals surface area (Å²) in [4.78, 5) is 24.9. The van der Waals surface area contributed by atoms with E-state index in [9.17, 15) is 18.0 Å². The first kappa shape index (κ1) is 22.4. The molecule has 0 fully saturated rings. The van der Waals surface area contributed by atoms with Crippen molar-refractivity contribution in [2.45, 2.75) is 31.5 Å². The fourth-order valence-corrected chi connectivity index (χ4v) is 4.59. The Morgan fingerprint density at radius 1 is 1.03 bits per heavy atom. The number of fused-ring (bicyclic) bond motifs is 1. The van der Waals surface area contributed by atoms with Gasteiger partial charge in [-0.2, -0.15) is 0 Å². The lowest BCUT2D eigenvalue weighted by Crippen LogP contribution is -2.36. The molecule has 0 aromatic heterocycles. The molecule has 0 aliphatic carbocycles. The molecule has 0 amide bonds. The highest BCUT2D eigenvalue weighted by Gasteiger charge is 2.39. The van der Waals surface area contributed by atoms with Crippen molar-refractivity contribution in [2.24, 2.45) is 0 Å². The fraction of sp³-hybridized carbons (Fsp3) is 0.273. The van der Waals surface area contributed by atoms with E-state index in [2.05, 4.69) is 0 Å². The molecule has 1 atom stereocenters. The Morgan fingerprint density at radius 2 is 1.68 bits per heavy atom. The van der Waals surface area contributed by atoms with Gasteiger partial charge in [-0.3, -0.25) is 9.10 Å². The number of carbonyl (C=O) groups is 2. The van der Waals surface area contributed by atoms with Crippen LogP contribution in [-0.2, 0) is 35.4 Å². The smallest absolute Gasteiger partial charge is 0.452 e. The first-order chi connectivity index (χ1) is 14.8. The summed E-state index contributed by atoms with van der Waals surface area (Å²) in [5.41, 5.74) is 0.804. The Labute approximate surface area is 181 Å². The molecule has 0 spiro atoms. The number of hydrogen-bond donors (Lipinski definition) is 0. The molecule has 9 heteroatoms. The molecule has 1 heterocycles. The van der Waals surface area contributed by atoms with Gasteiger partial charge in [0.15, 0.2) is 11.5 Å². The van der Waals surface area contributed by atoms with Crippen LogP contribution in [0.25, 0.3) is 5.76 Å². The lowest BCUT2D eigenvalue weighted by atomic mass is 10.0. The highest BCUT2D eigenvalue weighted by molar-refractivity contribution is 7.89. The second kappa shape index (κ2) is 9.22. The number of sulfonamides is 1. The van der Waals surface area contributed by atoms with E-state index in [1.807, 2.05) is 6.07 Å². The average Bonchev–Trinajstić information content (AvgIpc) is 2.73. The van der Waals surface area contributed by atoms with Gasteiger partial charge in [-0.25, -0.2) is 13.2 Å². The van der Waals surface area contributed by atoms with E-state index >= 15 is 0 Å². The summed E-state index contributed by atoms with van der Waals surface area (Å²) in [6.45, 7) is 3.21. The lowest BCUT2D eigenvalue weighted by Gasteiger charge is -2.31. The van der Waals surface area contributed by atoms with Gasteiger partial charge in [0.1, 0.15) is 5.70 Å². The van der Waals surface area contributed by atoms with Crippen LogP contribution in [0.2, 0.25) is 0 Å². The number of hydrogen-bond acceptors (Lipinski definition) is 7. The highest BCUT2D eigenvalue weighted by atomic mass is 32.2. The molecule has 0 N–H and O–H groups in total. The maximum Gasteiger partial charge on any atom is 0.511 e. The number of ether oxygens (including phenoxy) is 3. The first-order valence-corrected chi connectivity index (χ1v) is 11.1. The zero-order valence-electron chi connectivity index (χ0n) is 17.4. The third-order valence-corrected chi connectivity index (χ3v) is 6.40. The van der Waals surface area contributed by atoms with Gasteiger partial charge in [0.25, 0.3) is 10.0 Å². The Hall–Kier alpha value is -3.33. The standard InChI is InChI=1S/C22H23NO7S/c1-4-28-22(25)30-15(2)29-21-17-12-8-9-13-19(17)31(26,27)23(3)20(21)18(24)14-16-10-6-5-7-11-16/h5-13,15H,4,14H2,1-3H3. The lowest BCUT2D eigenvalue weighted by molar-refractivity contribution is -0.116. The van der Waals surface area contributed by atoms with E-state index in [1.165, 1.54) is 20.0 Å². The van der Waals surface area contributed by atoms with Gasteiger partial charge in [-0.1, -0.05) is 42.5 Å². The van der Waals surface area contributed by atoms with E-state index in [1.54, 1.807) is 49.4 Å². The van der Waals surface area contributed by atoms with E-state index in [0.29, 0.717) is 0 Å². The maximum atomic E-state index is 13.2. The molecule has 2 aromatic rings. The molecule has 0 radical (unpaired) electrons. The van der Waals surface area contributed by atoms with Crippen LogP contribution >= 0.6 is 0 Å². The minimum atomic E-state index is -3.97. The third-order valence-electron chi connectivity index (χ3n) is 4.58. The van der Waals surface area contributed by atoms with Crippen LogP contribution in [0.4, 0.5) is 4.79 Å². The van der Waals surface area contributed by atoms with Crippen molar-refractivity contribution in [1.29, 1.82) is 0 Å². The Morgan fingerprint density at radius 3 is 2.35 bits per heavy atom. The average molecular weight is 445 g/mol. The topological polar surface area (TPSA) is 99.2 Å². The summed E-state index contributed by atoms with van der Waals surface area (Å²) in [6.07, 6.45) is -2.09. The van der Waals surface area contributed by atoms with Gasteiger partial charge in [-0.05, 0) is 24.6 Å². The molecule has 3 rings (SSSR count). The molecule has 1 aliphatic rings. The number of nitrogens with zero attached hydrogens (tertiary/aromatic N) is 1. The minimum absolute atomic E-state index is 0.00732. The van der Waals surface area contributed by atoms with Gasteiger partial charge in [0.2, 0.25) is 6.29 Å². The third kappa shape index (κ3) is 4.72. The molecule has 0 saturated heterocycles. The van der Waals surface area contributed by atoms with E-state index in [-0.39, 0.29) is 34.9 Å². The highest BCUT2D eigenvalue weighted by Crippen LogP contribution is 2.37. The number of carbonyl (C=O) groups excluding carboxylic acids is 2. The van der Waals surface area contributed by atoms with Gasteiger partial charge in [-0.15, -0.1) is 0 Å². The minimum Gasteiger partial charge on any atom is -0.452 e. The summed E-state index contributed by atoms with van der Waals surface area (Å²) in [5, 5.41) is 0. The van der Waals surface area contributed by atoms with Crippen molar-refractivity contribution in [3.63, 3.8) is 0 Å². The second-order valence-corrected chi connectivity index (χ2v) is 8.66. The molecule has 1 aliphatic heterocycles. The van der Waals surface area contributed by atoms with Crippen molar-refractivity contribution in [3.05, 3.63) is 71.4 Å². The van der Waals surface area contributed by atoms with Crippen LogP contribution in [0, 0.1) is 0 Å². The van der Waals surface area contributed by atoms with Crippen LogP contribution in [0.15, 0.2) is 65.2 Å². The largest absolute Gasteiger partial charge is 0.511 e. The van der Waals surface area contributed by atoms with Crippen LogP contribution in [0.1, 0.15) is 25.0 Å². The van der Waals surface area contributed by atoms with Crippen LogP contribution in [-0.4, -0.2) is 44.6 Å². The van der Waals surface area contributed by atoms with Crippen LogP contribution in [0.3, 0.4) is 0 Å². The summed E-state index contributed by atoms with van der Waals surface area (Å²) < 4.78 is 42.6. The zero-order chi connectivity index (χ0) is 22.6. The number of benzene rings is 2. The molecule has 8 nitrogen and oxygen atoms in total. The molecular weight excluding hydrogens is 422 g/mol. The monoisotopic (exact) mass is 445 g/mol. The maximum absolute atomic E-state index is 13.2. The fourth-order valence-electron chi connectivity index (χ4n) is 3.18. The van der Waals surface area contributed by atoms with Gasteiger partial charge < -0.3 is 14.2 Å². The van der Waals surface area contributed by atoms with E-state index in [0.717, 1.165) is 9.87 Å². The van der Waals surface area contributed by atoms with Crippen molar-refractivity contribution in [2.75, 3.05) is 13.7 Å². The summed E-state index contributed by atoms with van der Waals surface area (Å²) in [7, 11) is -2.67. The number of allylic oxidation sites excluding steroid dienone is 1. The molecule has 2 aromatic carbocycles. The van der Waals surface area contributed by atoms with Gasteiger partial charge in [0.05, 0.1) is 11.5 Å². The first-order valence-electron chi connectivity index (χ1n) is 9.65. The number of rotatable bonds is 7. The van der Waals surface area contributed by atoms with Gasteiger partial charge in [0, 0.05) is 26.0 Å². The predicted octanol–water partition coefficient (Wildman–Crippen LogP) is 3.34. The van der Waals surface area contributed by atoms with Crippen molar-refractivity contribution >= 4 is 27.7 Å². The second-order valence-electron chi connectivity index (χ2n) is 6.72. The summed E-state index contributed by atoms with van der Waals surface area (Å²) in [6, 6.07) is 15.1. The molecule has 1 unspecified atom stereocenters. The number of likely N-dealkylation sites (N-methyl/N-ethyl adjacent to an activating group) is 1. The van der Waals surface area contributed by atoms with Crippen LogP contribution < -0.4 is 0 Å². The predicted molar refractivity (Wildman–Crippen MR) is 112 cm³/mol. The quantitative estimate of drug-likeness (QED) is 0.476. The van der Waals surface area contributed by atoms with Crippen molar-refractivity contribution < 1.29 is 32.2 Å². The summed E-state index contributed by atoms with van der Waals surface area (Å²) >= 11 is 0. The number of Topliss-reactive ketones (excluding diaryl/α,β-unsaturated/α-hetero) is 1. The van der Waals surface area contributed by atoms with Crippen molar-refractivity contribution in [3.8, 4) is 0 Å².